The van der Waals surface area contributed by atoms with Crippen LogP contribution in [0.15, 0.2) is 115 Å². The van der Waals surface area contributed by atoms with Gasteiger partial charge in [0, 0.05) is 22.4 Å². The number of anilines is 3. The maximum Gasteiger partial charge on any atom is 0.0543 e. The molecule has 0 heterocycles. The molecule has 0 unspecified atom stereocenters. The lowest BCUT2D eigenvalue weighted by atomic mass is 9.51. The minimum Gasteiger partial charge on any atom is -0.310 e. The molecule has 0 aromatic heterocycles. The molecular weight excluding hydrogens is 603 g/mol. The summed E-state index contributed by atoms with van der Waals surface area (Å²) in [5, 5.41) is 0. The standard InChI is InChI=1S/C49H51N/c1-49(2)45-16-10-9-15-42(45)44-30-43(36-13-7-4-8-14-36)47(31-46(44)49)50(40-21-17-35(18-22-40)34-11-5-3-6-12-34)41-23-19-37(20-24-41)48-38-26-32-25-33(28-38)29-39(48)27-32/h4,7-10,13-24,30-34,38-39,48H,3,5-6,11-12,25-29H2,1-2H3. The van der Waals surface area contributed by atoms with E-state index >= 15 is 0 Å². The lowest BCUT2D eigenvalue weighted by molar-refractivity contribution is -0.00277. The Balaban J connectivity index is 1.12. The summed E-state index contributed by atoms with van der Waals surface area (Å²) in [5.74, 6) is 5.25. The molecule has 0 amide bonds. The highest BCUT2D eigenvalue weighted by Gasteiger charge is 2.48. The van der Waals surface area contributed by atoms with E-state index in [-0.39, 0.29) is 5.41 Å². The van der Waals surface area contributed by atoms with Crippen molar-refractivity contribution in [3.05, 3.63) is 138 Å². The van der Waals surface area contributed by atoms with Crippen molar-refractivity contribution in [2.24, 2.45) is 23.7 Å². The average Bonchev–Trinajstić information content (AvgIpc) is 3.38. The van der Waals surface area contributed by atoms with Crippen molar-refractivity contribution in [1.82, 2.24) is 0 Å². The van der Waals surface area contributed by atoms with Crippen LogP contribution in [0.25, 0.3) is 22.3 Å². The zero-order chi connectivity index (χ0) is 33.4. The molecule has 5 fully saturated rings. The number of hydrogen-bond acceptors (Lipinski definition) is 1. The number of fused-ring (bicyclic) bond motifs is 3. The van der Waals surface area contributed by atoms with E-state index in [1.54, 1.807) is 5.56 Å². The second kappa shape index (κ2) is 12.0. The topological polar surface area (TPSA) is 3.24 Å². The molecule has 1 heteroatoms. The first-order valence-corrected chi connectivity index (χ1v) is 19.8. The predicted octanol–water partition coefficient (Wildman–Crippen LogP) is 13.7. The summed E-state index contributed by atoms with van der Waals surface area (Å²) in [6.45, 7) is 4.82. The van der Waals surface area contributed by atoms with Gasteiger partial charge in [-0.1, -0.05) is 112 Å². The first-order chi connectivity index (χ1) is 24.5. The van der Waals surface area contributed by atoms with Crippen molar-refractivity contribution in [2.45, 2.75) is 95.3 Å². The van der Waals surface area contributed by atoms with Crippen molar-refractivity contribution in [2.75, 3.05) is 4.90 Å². The predicted molar refractivity (Wildman–Crippen MR) is 210 cm³/mol. The van der Waals surface area contributed by atoms with Crippen LogP contribution in [-0.4, -0.2) is 0 Å². The fraction of sp³-hybridized carbons (Fsp3) is 0.388. The molecule has 11 rings (SSSR count). The summed E-state index contributed by atoms with van der Waals surface area (Å²) < 4.78 is 0. The van der Waals surface area contributed by atoms with Crippen LogP contribution in [0.4, 0.5) is 17.1 Å². The molecule has 0 aliphatic heterocycles. The van der Waals surface area contributed by atoms with Gasteiger partial charge in [-0.15, -0.1) is 0 Å². The Bertz CT molecular complexity index is 1980. The summed E-state index contributed by atoms with van der Waals surface area (Å²) in [5.41, 5.74) is 14.9. The fourth-order valence-corrected chi connectivity index (χ4v) is 11.8. The van der Waals surface area contributed by atoms with Crippen LogP contribution in [0.2, 0.25) is 0 Å². The summed E-state index contributed by atoms with van der Waals surface area (Å²) in [7, 11) is 0. The van der Waals surface area contributed by atoms with Gasteiger partial charge in [0.05, 0.1) is 5.69 Å². The van der Waals surface area contributed by atoms with Crippen molar-refractivity contribution >= 4 is 17.1 Å². The number of hydrogen-bond donors (Lipinski definition) is 0. The largest absolute Gasteiger partial charge is 0.310 e. The molecule has 0 radical (unpaired) electrons. The molecule has 5 saturated carbocycles. The average molecular weight is 654 g/mol. The van der Waals surface area contributed by atoms with E-state index in [0.29, 0.717) is 5.92 Å². The van der Waals surface area contributed by atoms with Gasteiger partial charge in [-0.25, -0.2) is 0 Å². The SMILES string of the molecule is CC1(C)c2ccccc2-c2cc(-c3ccccc3)c(N(c3ccc(C4CCCCC4)cc3)c3ccc(C4C5CC6CC(C5)CC4C6)cc3)cc21. The van der Waals surface area contributed by atoms with Gasteiger partial charge < -0.3 is 4.90 Å². The summed E-state index contributed by atoms with van der Waals surface area (Å²) in [6.07, 6.45) is 14.1. The highest BCUT2D eigenvalue weighted by atomic mass is 15.1. The zero-order valence-corrected chi connectivity index (χ0v) is 30.0. The number of nitrogens with zero attached hydrogens (tertiary/aromatic N) is 1. The van der Waals surface area contributed by atoms with Gasteiger partial charge in [0.1, 0.15) is 0 Å². The van der Waals surface area contributed by atoms with Crippen molar-refractivity contribution in [3.8, 4) is 22.3 Å². The first-order valence-electron chi connectivity index (χ1n) is 19.8. The van der Waals surface area contributed by atoms with Crippen LogP contribution in [-0.2, 0) is 5.41 Å². The quantitative estimate of drug-likeness (QED) is 0.176. The van der Waals surface area contributed by atoms with E-state index in [2.05, 4.69) is 134 Å². The molecule has 0 N–H and O–H groups in total. The van der Waals surface area contributed by atoms with Gasteiger partial charge in [0.2, 0.25) is 0 Å². The fourth-order valence-electron chi connectivity index (χ4n) is 11.8. The number of rotatable bonds is 6. The first kappa shape index (κ1) is 30.7. The van der Waals surface area contributed by atoms with Gasteiger partial charge in [0.15, 0.2) is 0 Å². The lowest BCUT2D eigenvalue weighted by Crippen LogP contribution is -2.43. The molecule has 0 atom stereocenters. The second-order valence-electron chi connectivity index (χ2n) is 17.3. The van der Waals surface area contributed by atoms with Crippen LogP contribution < -0.4 is 4.90 Å². The number of benzene rings is 5. The normalized spacial score (nSPS) is 26.1. The van der Waals surface area contributed by atoms with Crippen LogP contribution in [0.1, 0.15) is 112 Å². The van der Waals surface area contributed by atoms with Gasteiger partial charge in [0.25, 0.3) is 0 Å². The second-order valence-corrected chi connectivity index (χ2v) is 17.3. The van der Waals surface area contributed by atoms with Crippen molar-refractivity contribution < 1.29 is 0 Å². The van der Waals surface area contributed by atoms with Crippen molar-refractivity contribution in [1.29, 1.82) is 0 Å². The van der Waals surface area contributed by atoms with Gasteiger partial charge in [-0.05, 0) is 156 Å². The summed E-state index contributed by atoms with van der Waals surface area (Å²) in [6, 6.07) is 44.8. The van der Waals surface area contributed by atoms with Crippen LogP contribution in [0.3, 0.4) is 0 Å². The Labute approximate surface area is 299 Å². The lowest BCUT2D eigenvalue weighted by Gasteiger charge is -2.54. The zero-order valence-electron chi connectivity index (χ0n) is 30.0. The Morgan fingerprint density at radius 3 is 1.78 bits per heavy atom. The molecule has 0 saturated heterocycles. The Morgan fingerprint density at radius 2 is 1.12 bits per heavy atom. The van der Waals surface area contributed by atoms with Gasteiger partial charge >= 0.3 is 0 Å². The molecule has 6 aliphatic rings. The molecule has 4 bridgehead atoms. The van der Waals surface area contributed by atoms with Gasteiger partial charge in [-0.2, -0.15) is 0 Å². The summed E-state index contributed by atoms with van der Waals surface area (Å²) >= 11 is 0. The third-order valence-electron chi connectivity index (χ3n) is 14.0. The maximum absolute atomic E-state index is 2.58. The smallest absolute Gasteiger partial charge is 0.0543 e. The molecular formula is C49H51N. The molecule has 252 valence electrons. The molecule has 0 spiro atoms. The van der Waals surface area contributed by atoms with E-state index in [1.807, 2.05) is 0 Å². The monoisotopic (exact) mass is 653 g/mol. The van der Waals surface area contributed by atoms with E-state index in [4.69, 9.17) is 0 Å². The maximum atomic E-state index is 2.58. The van der Waals surface area contributed by atoms with E-state index in [1.165, 1.54) is 120 Å². The summed E-state index contributed by atoms with van der Waals surface area (Å²) in [4.78, 5) is 2.58. The molecule has 6 aliphatic carbocycles. The van der Waals surface area contributed by atoms with Crippen LogP contribution in [0, 0.1) is 23.7 Å². The molecule has 5 aromatic rings. The third-order valence-corrected chi connectivity index (χ3v) is 14.0. The highest BCUT2D eigenvalue weighted by molar-refractivity contribution is 5.94. The minimum absolute atomic E-state index is 0.0737. The third kappa shape index (κ3) is 5.02. The molecule has 50 heavy (non-hydrogen) atoms. The van der Waals surface area contributed by atoms with Crippen LogP contribution in [0.5, 0.6) is 0 Å². The Morgan fingerprint density at radius 1 is 0.520 bits per heavy atom. The highest BCUT2D eigenvalue weighted by Crippen LogP contribution is 2.60. The van der Waals surface area contributed by atoms with E-state index < -0.39 is 0 Å². The molecule has 1 nitrogen and oxygen atoms in total. The van der Waals surface area contributed by atoms with Gasteiger partial charge in [-0.3, -0.25) is 0 Å². The van der Waals surface area contributed by atoms with E-state index in [0.717, 1.165) is 29.6 Å². The van der Waals surface area contributed by atoms with E-state index in [9.17, 15) is 0 Å². The Hall–Kier alpha value is -4.10. The minimum atomic E-state index is -0.0737. The van der Waals surface area contributed by atoms with Crippen LogP contribution >= 0.6 is 0 Å². The Kier molecular flexibility index (Phi) is 7.37. The van der Waals surface area contributed by atoms with Crippen molar-refractivity contribution in [3.63, 3.8) is 0 Å². The molecule has 5 aromatic carbocycles.